The van der Waals surface area contributed by atoms with E-state index in [1.807, 2.05) is 45.0 Å². The molecule has 0 spiro atoms. The van der Waals surface area contributed by atoms with E-state index in [1.165, 1.54) is 0 Å². The molecule has 9 nitrogen and oxygen atoms in total. The highest BCUT2D eigenvalue weighted by Gasteiger charge is 2.16. The Labute approximate surface area is 192 Å². The van der Waals surface area contributed by atoms with Crippen LogP contribution in [-0.4, -0.2) is 57.1 Å². The highest BCUT2D eigenvalue weighted by atomic mass is 16.5. The van der Waals surface area contributed by atoms with Crippen LogP contribution in [0, 0.1) is 20.8 Å². The number of nitrogens with one attached hydrogen (secondary N) is 1. The number of carbonyl (C=O) groups excluding carboxylic acids is 1. The number of pyridine rings is 1. The summed E-state index contributed by atoms with van der Waals surface area (Å²) in [6.45, 7) is 7.24. The standard InChI is InChI=1S/C24H30N4O5/c1-5-6-19-10-18(9-16(4)26-19)24-27-23(28-33-24)17-7-14(2)22(15(3)8-17)32-13-20(30)11-25-21(31)12-29/h7-10,20,29-30H,5-6,11-13H2,1-4H3,(H,25,31)/t20-/m1/s1. The molecule has 9 heteroatoms. The number of hydrogen-bond acceptors (Lipinski definition) is 8. The Balaban J connectivity index is 1.74. The molecular formula is C24H30N4O5. The zero-order valence-corrected chi connectivity index (χ0v) is 19.4. The zero-order valence-electron chi connectivity index (χ0n) is 19.4. The van der Waals surface area contributed by atoms with Gasteiger partial charge in [0.05, 0.1) is 0 Å². The Hall–Kier alpha value is -3.30. The topological polar surface area (TPSA) is 131 Å². The second kappa shape index (κ2) is 11.0. The second-order valence-electron chi connectivity index (χ2n) is 8.03. The third kappa shape index (κ3) is 6.36. The molecule has 0 radical (unpaired) electrons. The van der Waals surface area contributed by atoms with Crippen LogP contribution in [-0.2, 0) is 11.2 Å². The van der Waals surface area contributed by atoms with E-state index in [0.29, 0.717) is 17.5 Å². The number of rotatable bonds is 10. The lowest BCUT2D eigenvalue weighted by Gasteiger charge is -2.16. The summed E-state index contributed by atoms with van der Waals surface area (Å²) in [5.74, 6) is 1.01. The SMILES string of the molecule is CCCc1cc(-c2nc(-c3cc(C)c(OC[C@H](O)CNC(=O)CO)c(C)c3)no2)cc(C)n1. The third-order valence-corrected chi connectivity index (χ3v) is 5.00. The molecule has 0 saturated heterocycles. The van der Waals surface area contributed by atoms with Gasteiger partial charge in [-0.25, -0.2) is 0 Å². The first-order chi connectivity index (χ1) is 15.8. The lowest BCUT2D eigenvalue weighted by Crippen LogP contribution is -2.36. The van der Waals surface area contributed by atoms with Gasteiger partial charge in [0.25, 0.3) is 5.89 Å². The average Bonchev–Trinajstić information content (AvgIpc) is 3.27. The van der Waals surface area contributed by atoms with Crippen LogP contribution in [0.4, 0.5) is 0 Å². The van der Waals surface area contributed by atoms with Crippen molar-refractivity contribution in [3.05, 3.63) is 46.8 Å². The number of nitrogens with zero attached hydrogens (tertiary/aromatic N) is 3. The van der Waals surface area contributed by atoms with E-state index in [9.17, 15) is 9.90 Å². The largest absolute Gasteiger partial charge is 0.490 e. The fourth-order valence-corrected chi connectivity index (χ4v) is 3.54. The lowest BCUT2D eigenvalue weighted by molar-refractivity contribution is -0.124. The quantitative estimate of drug-likeness (QED) is 0.426. The molecule has 3 N–H and O–H groups in total. The van der Waals surface area contributed by atoms with E-state index in [0.717, 1.165) is 46.5 Å². The van der Waals surface area contributed by atoms with Gasteiger partial charge in [0.15, 0.2) is 0 Å². The molecule has 1 atom stereocenters. The molecule has 0 bridgehead atoms. The van der Waals surface area contributed by atoms with Crippen LogP contribution in [0.3, 0.4) is 0 Å². The van der Waals surface area contributed by atoms with Gasteiger partial charge in [0.1, 0.15) is 25.1 Å². The highest BCUT2D eigenvalue weighted by Crippen LogP contribution is 2.30. The van der Waals surface area contributed by atoms with Crippen molar-refractivity contribution in [2.24, 2.45) is 0 Å². The molecule has 2 heterocycles. The van der Waals surface area contributed by atoms with Crippen LogP contribution in [0.5, 0.6) is 5.75 Å². The molecule has 0 saturated carbocycles. The van der Waals surface area contributed by atoms with Gasteiger partial charge in [-0.15, -0.1) is 0 Å². The van der Waals surface area contributed by atoms with Crippen LogP contribution in [0.25, 0.3) is 22.8 Å². The van der Waals surface area contributed by atoms with Crippen molar-refractivity contribution in [3.8, 4) is 28.6 Å². The summed E-state index contributed by atoms with van der Waals surface area (Å²) >= 11 is 0. The predicted octanol–water partition coefficient (Wildman–Crippen LogP) is 2.52. The van der Waals surface area contributed by atoms with Crippen LogP contribution in [0.2, 0.25) is 0 Å². The monoisotopic (exact) mass is 454 g/mol. The summed E-state index contributed by atoms with van der Waals surface area (Å²) in [7, 11) is 0. The number of aliphatic hydroxyl groups is 2. The number of aliphatic hydroxyl groups excluding tert-OH is 2. The molecule has 176 valence electrons. The normalized spacial score (nSPS) is 11.9. The molecular weight excluding hydrogens is 424 g/mol. The number of aryl methyl sites for hydroxylation is 4. The van der Waals surface area contributed by atoms with E-state index in [-0.39, 0.29) is 13.2 Å². The van der Waals surface area contributed by atoms with E-state index in [2.05, 4.69) is 27.4 Å². The van der Waals surface area contributed by atoms with E-state index in [4.69, 9.17) is 14.4 Å². The van der Waals surface area contributed by atoms with Crippen LogP contribution in [0.1, 0.15) is 35.9 Å². The Kier molecular flexibility index (Phi) is 8.13. The number of hydrogen-bond donors (Lipinski definition) is 3. The maximum atomic E-state index is 11.1. The molecule has 0 aliphatic rings. The Morgan fingerprint density at radius 3 is 2.52 bits per heavy atom. The summed E-state index contributed by atoms with van der Waals surface area (Å²) in [6.07, 6.45) is 0.991. The molecule has 0 fully saturated rings. The second-order valence-corrected chi connectivity index (χ2v) is 8.03. The van der Waals surface area contributed by atoms with Gasteiger partial charge in [0, 0.05) is 29.1 Å². The summed E-state index contributed by atoms with van der Waals surface area (Å²) in [4.78, 5) is 20.2. The minimum atomic E-state index is -0.903. The molecule has 0 unspecified atom stereocenters. The van der Waals surface area contributed by atoms with Crippen LogP contribution >= 0.6 is 0 Å². The molecule has 1 aromatic carbocycles. The first-order valence-electron chi connectivity index (χ1n) is 10.9. The minimum absolute atomic E-state index is 0.000576. The predicted molar refractivity (Wildman–Crippen MR) is 123 cm³/mol. The van der Waals surface area contributed by atoms with Gasteiger partial charge < -0.3 is 24.8 Å². The van der Waals surface area contributed by atoms with Crippen molar-refractivity contribution in [2.75, 3.05) is 19.8 Å². The maximum Gasteiger partial charge on any atom is 0.258 e. The first-order valence-corrected chi connectivity index (χ1v) is 10.9. The van der Waals surface area contributed by atoms with Crippen molar-refractivity contribution < 1.29 is 24.3 Å². The Morgan fingerprint density at radius 2 is 1.85 bits per heavy atom. The number of amides is 1. The van der Waals surface area contributed by atoms with E-state index >= 15 is 0 Å². The Bertz CT molecular complexity index is 1090. The maximum absolute atomic E-state index is 11.1. The van der Waals surface area contributed by atoms with Crippen LogP contribution < -0.4 is 10.1 Å². The third-order valence-electron chi connectivity index (χ3n) is 5.00. The Morgan fingerprint density at radius 1 is 1.12 bits per heavy atom. The summed E-state index contributed by atoms with van der Waals surface area (Å²) in [5.41, 5.74) is 5.25. The van der Waals surface area contributed by atoms with Crippen LogP contribution in [0.15, 0.2) is 28.8 Å². The zero-order chi connectivity index (χ0) is 24.0. The molecule has 3 rings (SSSR count). The van der Waals surface area contributed by atoms with E-state index in [1.54, 1.807) is 0 Å². The molecule has 3 aromatic rings. The highest BCUT2D eigenvalue weighted by molar-refractivity contribution is 5.76. The lowest BCUT2D eigenvalue weighted by atomic mass is 10.1. The molecule has 0 aliphatic heterocycles. The summed E-state index contributed by atoms with van der Waals surface area (Å²) in [5, 5.41) is 25.3. The van der Waals surface area contributed by atoms with Gasteiger partial charge in [-0.2, -0.15) is 4.98 Å². The number of carbonyl (C=O) groups is 1. The van der Waals surface area contributed by atoms with Gasteiger partial charge in [-0.3, -0.25) is 9.78 Å². The van der Waals surface area contributed by atoms with Crippen molar-refractivity contribution in [2.45, 2.75) is 46.6 Å². The molecule has 33 heavy (non-hydrogen) atoms. The molecule has 0 aliphatic carbocycles. The first kappa shape index (κ1) is 24.3. The minimum Gasteiger partial charge on any atom is -0.490 e. The fourth-order valence-electron chi connectivity index (χ4n) is 3.54. The van der Waals surface area contributed by atoms with Gasteiger partial charge in [-0.05, 0) is 62.6 Å². The van der Waals surface area contributed by atoms with Crippen molar-refractivity contribution in [3.63, 3.8) is 0 Å². The molecule has 2 aromatic heterocycles. The number of benzene rings is 1. The average molecular weight is 455 g/mol. The molecule has 1 amide bonds. The van der Waals surface area contributed by atoms with E-state index < -0.39 is 18.6 Å². The van der Waals surface area contributed by atoms with Gasteiger partial charge >= 0.3 is 0 Å². The summed E-state index contributed by atoms with van der Waals surface area (Å²) < 4.78 is 11.3. The van der Waals surface area contributed by atoms with Crippen molar-refractivity contribution in [1.82, 2.24) is 20.4 Å². The summed E-state index contributed by atoms with van der Waals surface area (Å²) in [6, 6.07) is 7.71. The van der Waals surface area contributed by atoms with Crippen molar-refractivity contribution >= 4 is 5.91 Å². The number of ether oxygens (including phenoxy) is 1. The smallest absolute Gasteiger partial charge is 0.258 e. The number of aromatic nitrogens is 3. The van der Waals surface area contributed by atoms with Gasteiger partial charge in [0.2, 0.25) is 11.7 Å². The van der Waals surface area contributed by atoms with Crippen molar-refractivity contribution in [1.29, 1.82) is 0 Å². The van der Waals surface area contributed by atoms with Gasteiger partial charge in [-0.1, -0.05) is 18.5 Å². The fraction of sp³-hybridized carbons (Fsp3) is 0.417.